The molecule has 0 saturated heterocycles. The Morgan fingerprint density at radius 2 is 1.72 bits per heavy atom. The highest BCUT2D eigenvalue weighted by atomic mass is 19.4. The van der Waals surface area contributed by atoms with Crippen LogP contribution in [0.1, 0.15) is 5.56 Å². The van der Waals surface area contributed by atoms with Crippen LogP contribution in [0.25, 0.3) is 21.9 Å². The lowest BCUT2D eigenvalue weighted by Gasteiger charge is -2.06. The fourth-order valence-electron chi connectivity index (χ4n) is 1.81. The van der Waals surface area contributed by atoms with E-state index in [1.807, 2.05) is 0 Å². The molecule has 0 aliphatic heterocycles. The molecule has 0 aliphatic carbocycles. The third-order valence-electron chi connectivity index (χ3n) is 2.64. The quantitative estimate of drug-likeness (QED) is 0.646. The number of fused-ring (bicyclic) bond motifs is 2. The van der Waals surface area contributed by atoms with Crippen LogP contribution in [0.4, 0.5) is 13.2 Å². The molecule has 7 heteroatoms. The second kappa shape index (κ2) is 3.34. The fraction of sp³-hybridized carbons (Fsp3) is 0.0909. The Kier molecular flexibility index (Phi) is 2.01. The van der Waals surface area contributed by atoms with Crippen LogP contribution < -0.4 is 5.69 Å². The summed E-state index contributed by atoms with van der Waals surface area (Å²) in [6.07, 6.45) is -3.65. The molecule has 2 heterocycles. The molecular formula is C11H6F3N3O. The third-order valence-corrected chi connectivity index (χ3v) is 2.64. The molecule has 0 bridgehead atoms. The van der Waals surface area contributed by atoms with Crippen molar-refractivity contribution >= 4 is 21.9 Å². The summed E-state index contributed by atoms with van der Waals surface area (Å²) in [5, 5.41) is 0.326. The van der Waals surface area contributed by atoms with E-state index in [0.717, 1.165) is 12.3 Å². The van der Waals surface area contributed by atoms with Crippen molar-refractivity contribution in [2.24, 2.45) is 0 Å². The average Bonchev–Trinajstić information content (AvgIpc) is 2.62. The summed E-state index contributed by atoms with van der Waals surface area (Å²) in [7, 11) is 0. The number of hydrogen-bond donors (Lipinski definition) is 2. The van der Waals surface area contributed by atoms with E-state index in [1.165, 1.54) is 12.1 Å². The van der Waals surface area contributed by atoms with Crippen molar-refractivity contribution in [1.82, 2.24) is 15.0 Å². The summed E-state index contributed by atoms with van der Waals surface area (Å²) in [6, 6.07) is 4.00. The lowest BCUT2D eigenvalue weighted by Crippen LogP contribution is -2.05. The summed E-state index contributed by atoms with van der Waals surface area (Å²) in [5.74, 6) is 0. The molecule has 4 nitrogen and oxygen atoms in total. The van der Waals surface area contributed by atoms with Crippen molar-refractivity contribution in [2.45, 2.75) is 6.18 Å². The number of pyridine rings is 1. The SMILES string of the molecule is O=c1[nH]c2cc3cc(C(F)(F)F)cnc3cc2[nH]1. The van der Waals surface area contributed by atoms with Gasteiger partial charge in [-0.3, -0.25) is 4.98 Å². The zero-order valence-electron chi connectivity index (χ0n) is 8.80. The first-order valence-corrected chi connectivity index (χ1v) is 5.02. The molecule has 1 aromatic carbocycles. The van der Waals surface area contributed by atoms with Crippen molar-refractivity contribution in [3.05, 3.63) is 40.4 Å². The van der Waals surface area contributed by atoms with Crippen molar-refractivity contribution < 1.29 is 13.2 Å². The van der Waals surface area contributed by atoms with E-state index in [0.29, 0.717) is 21.9 Å². The Hall–Kier alpha value is -2.31. The van der Waals surface area contributed by atoms with Gasteiger partial charge in [0, 0.05) is 11.6 Å². The van der Waals surface area contributed by atoms with Crippen molar-refractivity contribution in [3.8, 4) is 0 Å². The molecule has 0 amide bonds. The van der Waals surface area contributed by atoms with Gasteiger partial charge in [-0.05, 0) is 18.2 Å². The molecule has 0 spiro atoms. The van der Waals surface area contributed by atoms with Crippen molar-refractivity contribution in [1.29, 1.82) is 0 Å². The van der Waals surface area contributed by atoms with E-state index in [1.54, 1.807) is 0 Å². The van der Waals surface area contributed by atoms with E-state index in [-0.39, 0.29) is 0 Å². The minimum absolute atomic E-state index is 0.326. The molecule has 0 aliphatic rings. The molecule has 0 radical (unpaired) electrons. The second-order valence-corrected chi connectivity index (χ2v) is 3.89. The van der Waals surface area contributed by atoms with Crippen molar-refractivity contribution in [2.75, 3.05) is 0 Å². The van der Waals surface area contributed by atoms with Gasteiger partial charge in [0.1, 0.15) is 0 Å². The normalized spacial score (nSPS) is 12.4. The van der Waals surface area contributed by atoms with Gasteiger partial charge in [0.15, 0.2) is 0 Å². The fourth-order valence-corrected chi connectivity index (χ4v) is 1.81. The minimum atomic E-state index is -4.43. The van der Waals surface area contributed by atoms with E-state index >= 15 is 0 Å². The third kappa shape index (κ3) is 1.64. The number of nitrogens with one attached hydrogen (secondary N) is 2. The average molecular weight is 253 g/mol. The molecule has 0 atom stereocenters. The molecule has 92 valence electrons. The number of halogens is 3. The molecule has 2 N–H and O–H groups in total. The van der Waals surface area contributed by atoms with Gasteiger partial charge in [0.2, 0.25) is 0 Å². The Bertz CT molecular complexity index is 800. The van der Waals surface area contributed by atoms with Crippen LogP contribution in [0.15, 0.2) is 29.2 Å². The lowest BCUT2D eigenvalue weighted by atomic mass is 10.1. The maximum Gasteiger partial charge on any atom is 0.417 e. The smallest absolute Gasteiger partial charge is 0.306 e. The van der Waals surface area contributed by atoms with E-state index in [4.69, 9.17) is 0 Å². The molecule has 0 saturated carbocycles. The maximum absolute atomic E-state index is 12.5. The monoisotopic (exact) mass is 253 g/mol. The van der Waals surface area contributed by atoms with Gasteiger partial charge in [-0.2, -0.15) is 13.2 Å². The van der Waals surface area contributed by atoms with Crippen LogP contribution in [0.2, 0.25) is 0 Å². The highest BCUT2D eigenvalue weighted by Crippen LogP contribution is 2.31. The van der Waals surface area contributed by atoms with E-state index in [9.17, 15) is 18.0 Å². The van der Waals surface area contributed by atoms with Crippen LogP contribution in [0.3, 0.4) is 0 Å². The first kappa shape index (κ1) is 10.8. The predicted octanol–water partition coefficient (Wildman–Crippen LogP) is 2.42. The zero-order valence-corrected chi connectivity index (χ0v) is 8.80. The minimum Gasteiger partial charge on any atom is -0.306 e. The van der Waals surface area contributed by atoms with Gasteiger partial charge in [-0.25, -0.2) is 4.79 Å². The molecular weight excluding hydrogens is 247 g/mol. The summed E-state index contributed by atoms with van der Waals surface area (Å²) in [4.78, 5) is 19.8. The molecule has 0 fully saturated rings. The lowest BCUT2D eigenvalue weighted by molar-refractivity contribution is -0.137. The molecule has 18 heavy (non-hydrogen) atoms. The topological polar surface area (TPSA) is 61.5 Å². The largest absolute Gasteiger partial charge is 0.417 e. The van der Waals surface area contributed by atoms with Crippen LogP contribution in [0, 0.1) is 0 Å². The number of H-pyrrole nitrogens is 2. The number of rotatable bonds is 0. The summed E-state index contributed by atoms with van der Waals surface area (Å²) < 4.78 is 37.6. The standard InChI is InChI=1S/C11H6F3N3O/c12-11(13,14)6-1-5-2-8-9(17-10(18)16-8)3-7(5)15-4-6/h1-4H,(H2,16,17,18). The molecule has 0 unspecified atom stereocenters. The Morgan fingerprint density at radius 1 is 1.06 bits per heavy atom. The van der Waals surface area contributed by atoms with Gasteiger partial charge in [0.05, 0.1) is 22.1 Å². The highest BCUT2D eigenvalue weighted by molar-refractivity contribution is 5.92. The van der Waals surface area contributed by atoms with E-state index in [2.05, 4.69) is 15.0 Å². The van der Waals surface area contributed by atoms with Gasteiger partial charge in [-0.1, -0.05) is 0 Å². The first-order valence-electron chi connectivity index (χ1n) is 5.02. The maximum atomic E-state index is 12.5. The Balaban J connectivity index is 2.33. The van der Waals surface area contributed by atoms with Gasteiger partial charge < -0.3 is 9.97 Å². The summed E-state index contributed by atoms with van der Waals surface area (Å²) in [6.45, 7) is 0. The summed E-state index contributed by atoms with van der Waals surface area (Å²) >= 11 is 0. The van der Waals surface area contributed by atoms with Crippen LogP contribution in [0.5, 0.6) is 0 Å². The van der Waals surface area contributed by atoms with Gasteiger partial charge in [0.25, 0.3) is 0 Å². The number of aromatic amines is 2. The molecule has 3 rings (SSSR count). The zero-order chi connectivity index (χ0) is 12.9. The highest BCUT2D eigenvalue weighted by Gasteiger charge is 2.31. The predicted molar refractivity (Wildman–Crippen MR) is 59.2 cm³/mol. The van der Waals surface area contributed by atoms with Crippen LogP contribution in [-0.4, -0.2) is 15.0 Å². The number of nitrogens with zero attached hydrogens (tertiary/aromatic N) is 1. The Labute approximate surface area is 97.5 Å². The summed E-state index contributed by atoms with van der Waals surface area (Å²) in [5.41, 5.74) is 0.141. The molecule has 3 aromatic rings. The van der Waals surface area contributed by atoms with Crippen LogP contribution >= 0.6 is 0 Å². The Morgan fingerprint density at radius 3 is 2.39 bits per heavy atom. The number of aromatic nitrogens is 3. The van der Waals surface area contributed by atoms with Gasteiger partial charge in [-0.15, -0.1) is 0 Å². The van der Waals surface area contributed by atoms with E-state index < -0.39 is 17.4 Å². The number of imidazole rings is 1. The van der Waals surface area contributed by atoms with Gasteiger partial charge >= 0.3 is 11.9 Å². The van der Waals surface area contributed by atoms with Crippen molar-refractivity contribution in [3.63, 3.8) is 0 Å². The first-order chi connectivity index (χ1) is 8.43. The number of hydrogen-bond acceptors (Lipinski definition) is 2. The second-order valence-electron chi connectivity index (χ2n) is 3.89. The number of alkyl halides is 3. The van der Waals surface area contributed by atoms with Crippen LogP contribution in [-0.2, 0) is 6.18 Å². The molecule has 2 aromatic heterocycles. The number of benzene rings is 1.